The number of rotatable bonds is 10. The maximum Gasteiger partial charge on any atom is 0.249 e. The Balaban J connectivity index is 1.60. The van der Waals surface area contributed by atoms with Crippen LogP contribution >= 0.6 is 0 Å². The van der Waals surface area contributed by atoms with E-state index in [0.29, 0.717) is 40.4 Å². The van der Waals surface area contributed by atoms with Crippen LogP contribution in [0.15, 0.2) is 66.7 Å². The van der Waals surface area contributed by atoms with Crippen LogP contribution in [0, 0.1) is 5.82 Å². The van der Waals surface area contributed by atoms with Gasteiger partial charge in [0, 0.05) is 11.7 Å². The number of benzene rings is 3. The van der Waals surface area contributed by atoms with Crippen molar-refractivity contribution in [3.8, 4) is 11.5 Å². The Morgan fingerprint density at radius 2 is 1.82 bits per heavy atom. The number of carbonyl (C=O) groups excluding carboxylic acids is 2. The summed E-state index contributed by atoms with van der Waals surface area (Å²) in [6.45, 7) is 2.13. The van der Waals surface area contributed by atoms with E-state index in [9.17, 15) is 14.0 Å². The van der Waals surface area contributed by atoms with Crippen molar-refractivity contribution in [2.24, 2.45) is 0 Å². The predicted molar refractivity (Wildman–Crippen MR) is 149 cm³/mol. The molecule has 0 aliphatic heterocycles. The van der Waals surface area contributed by atoms with Crippen LogP contribution in [-0.4, -0.2) is 46.6 Å². The third-order valence-electron chi connectivity index (χ3n) is 7.09. The number of ether oxygens (including phenoxy) is 2. The van der Waals surface area contributed by atoms with Crippen LogP contribution in [0.25, 0.3) is 11.0 Å². The Morgan fingerprint density at radius 3 is 2.55 bits per heavy atom. The van der Waals surface area contributed by atoms with E-state index >= 15 is 0 Å². The second-order valence-electron chi connectivity index (χ2n) is 9.71. The van der Waals surface area contributed by atoms with E-state index in [1.54, 1.807) is 18.2 Å². The molecule has 1 aliphatic carbocycles. The molecule has 1 saturated carbocycles. The SMILES string of the molecule is CCOc1ccc(C(C(=O)NC2CCCC2)N(C(=O)Cn2nnc3ccccc32)c2ccc(F)cc2)cc1OC. The monoisotopic (exact) mass is 545 g/mol. The number of nitrogens with zero attached hydrogens (tertiary/aromatic N) is 4. The lowest BCUT2D eigenvalue weighted by Gasteiger charge is -2.32. The van der Waals surface area contributed by atoms with Crippen LogP contribution < -0.4 is 19.7 Å². The number of methoxy groups -OCH3 is 1. The quantitative estimate of drug-likeness (QED) is 0.307. The van der Waals surface area contributed by atoms with Gasteiger partial charge in [-0.1, -0.05) is 36.3 Å². The molecule has 1 atom stereocenters. The molecule has 1 fully saturated rings. The number of carbonyl (C=O) groups is 2. The highest BCUT2D eigenvalue weighted by Crippen LogP contribution is 2.35. The first-order chi connectivity index (χ1) is 19.5. The average molecular weight is 546 g/mol. The average Bonchev–Trinajstić information content (AvgIpc) is 3.63. The summed E-state index contributed by atoms with van der Waals surface area (Å²) in [6.07, 6.45) is 3.82. The summed E-state index contributed by atoms with van der Waals surface area (Å²) in [5, 5.41) is 11.5. The molecule has 2 amide bonds. The van der Waals surface area contributed by atoms with Crippen LogP contribution in [0.5, 0.6) is 11.5 Å². The van der Waals surface area contributed by atoms with Gasteiger partial charge in [-0.05, 0) is 73.9 Å². The Labute approximate surface area is 231 Å². The largest absolute Gasteiger partial charge is 0.493 e. The van der Waals surface area contributed by atoms with Crippen LogP contribution in [-0.2, 0) is 16.1 Å². The molecule has 10 heteroatoms. The third kappa shape index (κ3) is 5.75. The second kappa shape index (κ2) is 12.1. The smallest absolute Gasteiger partial charge is 0.249 e. The van der Waals surface area contributed by atoms with Crippen LogP contribution in [0.2, 0.25) is 0 Å². The van der Waals surface area contributed by atoms with Gasteiger partial charge in [-0.15, -0.1) is 5.10 Å². The molecule has 1 heterocycles. The van der Waals surface area contributed by atoms with Gasteiger partial charge < -0.3 is 14.8 Å². The Hall–Kier alpha value is -4.47. The molecule has 1 N–H and O–H groups in total. The van der Waals surface area contributed by atoms with E-state index in [4.69, 9.17) is 9.47 Å². The van der Waals surface area contributed by atoms with Crippen molar-refractivity contribution in [2.45, 2.75) is 51.2 Å². The van der Waals surface area contributed by atoms with Crippen LogP contribution in [0.1, 0.15) is 44.2 Å². The second-order valence-corrected chi connectivity index (χ2v) is 9.71. The molecule has 40 heavy (non-hydrogen) atoms. The molecule has 0 saturated heterocycles. The molecular formula is C30H32FN5O4. The van der Waals surface area contributed by atoms with Crippen LogP contribution in [0.4, 0.5) is 10.1 Å². The Morgan fingerprint density at radius 1 is 1.07 bits per heavy atom. The van der Waals surface area contributed by atoms with E-state index in [-0.39, 0.29) is 18.5 Å². The summed E-state index contributed by atoms with van der Waals surface area (Å²) in [5.41, 5.74) is 2.23. The van der Waals surface area contributed by atoms with E-state index in [0.717, 1.165) is 25.7 Å². The summed E-state index contributed by atoms with van der Waals surface area (Å²) >= 11 is 0. The van der Waals surface area contributed by atoms with Gasteiger partial charge in [0.15, 0.2) is 11.5 Å². The predicted octanol–water partition coefficient (Wildman–Crippen LogP) is 4.81. The number of hydrogen-bond donors (Lipinski definition) is 1. The zero-order valence-electron chi connectivity index (χ0n) is 22.5. The Kier molecular flexibility index (Phi) is 8.23. The van der Waals surface area contributed by atoms with Gasteiger partial charge in [-0.3, -0.25) is 14.5 Å². The molecule has 1 aliphatic rings. The van der Waals surface area contributed by atoms with E-state index in [1.165, 1.54) is 41.0 Å². The number of anilines is 1. The fraction of sp³-hybridized carbons (Fsp3) is 0.333. The number of aromatic nitrogens is 3. The van der Waals surface area contributed by atoms with Crippen molar-refractivity contribution in [3.05, 3.63) is 78.1 Å². The molecule has 0 spiro atoms. The van der Waals surface area contributed by atoms with Crippen molar-refractivity contribution in [1.82, 2.24) is 20.3 Å². The van der Waals surface area contributed by atoms with Gasteiger partial charge in [0.05, 0.1) is 19.2 Å². The fourth-order valence-electron chi connectivity index (χ4n) is 5.17. The van der Waals surface area contributed by atoms with Gasteiger partial charge in [0.25, 0.3) is 0 Å². The number of hydrogen-bond acceptors (Lipinski definition) is 6. The van der Waals surface area contributed by atoms with Crippen LogP contribution in [0.3, 0.4) is 0 Å². The Bertz CT molecular complexity index is 1480. The molecule has 1 unspecified atom stereocenters. The maximum absolute atomic E-state index is 14.1. The molecule has 0 radical (unpaired) electrons. The highest BCUT2D eigenvalue weighted by molar-refractivity contribution is 6.01. The molecule has 4 aromatic rings. The minimum absolute atomic E-state index is 0.0176. The van der Waals surface area contributed by atoms with Crippen molar-refractivity contribution < 1.29 is 23.5 Å². The number of fused-ring (bicyclic) bond motifs is 1. The van der Waals surface area contributed by atoms with Crippen molar-refractivity contribution in [2.75, 3.05) is 18.6 Å². The highest BCUT2D eigenvalue weighted by Gasteiger charge is 2.35. The minimum atomic E-state index is -1.07. The lowest BCUT2D eigenvalue weighted by molar-refractivity contribution is -0.127. The number of halogens is 1. The summed E-state index contributed by atoms with van der Waals surface area (Å²) in [7, 11) is 1.52. The summed E-state index contributed by atoms with van der Waals surface area (Å²) in [4.78, 5) is 29.6. The zero-order chi connectivity index (χ0) is 28.1. The first kappa shape index (κ1) is 27.1. The lowest BCUT2D eigenvalue weighted by Crippen LogP contribution is -2.47. The highest BCUT2D eigenvalue weighted by atomic mass is 19.1. The van der Waals surface area contributed by atoms with Crippen molar-refractivity contribution in [1.29, 1.82) is 0 Å². The molecular weight excluding hydrogens is 513 g/mol. The molecule has 9 nitrogen and oxygen atoms in total. The molecule has 1 aromatic heterocycles. The van der Waals surface area contributed by atoms with E-state index < -0.39 is 17.8 Å². The zero-order valence-corrected chi connectivity index (χ0v) is 22.5. The first-order valence-electron chi connectivity index (χ1n) is 13.5. The summed E-state index contributed by atoms with van der Waals surface area (Å²) in [5.74, 6) is -0.238. The topological polar surface area (TPSA) is 98.6 Å². The van der Waals surface area contributed by atoms with E-state index in [2.05, 4.69) is 15.6 Å². The minimum Gasteiger partial charge on any atom is -0.493 e. The number of nitrogens with one attached hydrogen (secondary N) is 1. The number of para-hydroxylation sites is 1. The number of amides is 2. The van der Waals surface area contributed by atoms with Gasteiger partial charge in [-0.2, -0.15) is 0 Å². The third-order valence-corrected chi connectivity index (χ3v) is 7.09. The van der Waals surface area contributed by atoms with Gasteiger partial charge in [0.2, 0.25) is 11.8 Å². The normalized spacial score (nSPS) is 14.2. The van der Waals surface area contributed by atoms with Crippen molar-refractivity contribution in [3.63, 3.8) is 0 Å². The van der Waals surface area contributed by atoms with Gasteiger partial charge >= 0.3 is 0 Å². The summed E-state index contributed by atoms with van der Waals surface area (Å²) in [6, 6.07) is 17.0. The van der Waals surface area contributed by atoms with Gasteiger partial charge in [-0.25, -0.2) is 9.07 Å². The first-order valence-corrected chi connectivity index (χ1v) is 13.5. The molecule has 5 rings (SSSR count). The lowest BCUT2D eigenvalue weighted by atomic mass is 10.0. The molecule has 0 bridgehead atoms. The summed E-state index contributed by atoms with van der Waals surface area (Å²) < 4.78 is 26.7. The standard InChI is InChI=1S/C30H32FN5O4/c1-3-40-26-17-12-20(18-27(26)39-2)29(30(38)32-22-8-4-5-9-22)36(23-15-13-21(31)14-16-23)28(37)19-35-25-11-7-6-10-24(25)33-34-35/h6-7,10-18,22,29H,3-5,8-9,19H2,1-2H3,(H,32,38). The maximum atomic E-state index is 14.1. The van der Waals surface area contributed by atoms with Crippen molar-refractivity contribution >= 4 is 28.5 Å². The molecule has 208 valence electrons. The van der Waals surface area contributed by atoms with Gasteiger partial charge in [0.1, 0.15) is 23.9 Å². The molecule has 3 aromatic carbocycles. The fourth-order valence-corrected chi connectivity index (χ4v) is 5.17. The van der Waals surface area contributed by atoms with E-state index in [1.807, 2.05) is 31.2 Å².